The van der Waals surface area contributed by atoms with Crippen molar-refractivity contribution in [3.05, 3.63) is 30.1 Å². The lowest BCUT2D eigenvalue weighted by atomic mass is 10.1. The summed E-state index contributed by atoms with van der Waals surface area (Å²) in [6.07, 6.45) is 0.864. The molecule has 0 aliphatic carbocycles. The number of benzene rings is 1. The number of para-hydroxylation sites is 1. The molecule has 1 unspecified atom stereocenters. The van der Waals surface area contributed by atoms with Crippen molar-refractivity contribution in [1.29, 1.82) is 0 Å². The molecule has 0 aliphatic rings. The van der Waals surface area contributed by atoms with Crippen molar-refractivity contribution < 1.29 is 14.0 Å². The average Bonchev–Trinajstić information content (AvgIpc) is 2.40. The summed E-state index contributed by atoms with van der Waals surface area (Å²) < 4.78 is 13.4. The summed E-state index contributed by atoms with van der Waals surface area (Å²) in [5, 5.41) is 7.61. The van der Waals surface area contributed by atoms with Gasteiger partial charge in [0.2, 0.25) is 5.91 Å². The molecule has 0 bridgehead atoms. The third-order valence-corrected chi connectivity index (χ3v) is 2.88. The van der Waals surface area contributed by atoms with E-state index in [2.05, 4.69) is 29.8 Å². The normalized spacial score (nSPS) is 11.9. The summed E-state index contributed by atoms with van der Waals surface area (Å²) in [6.45, 7) is 6.21. The molecule has 0 saturated heterocycles. The lowest BCUT2D eigenvalue weighted by molar-refractivity contribution is -0.117. The van der Waals surface area contributed by atoms with Crippen molar-refractivity contribution in [1.82, 2.24) is 10.6 Å². The number of carbonyl (C=O) groups is 2. The van der Waals surface area contributed by atoms with Crippen LogP contribution in [0.1, 0.15) is 27.2 Å². The molecule has 0 fully saturated rings. The third-order valence-electron chi connectivity index (χ3n) is 2.88. The van der Waals surface area contributed by atoms with Crippen LogP contribution in [0.25, 0.3) is 0 Å². The molecule has 1 aromatic carbocycles. The molecule has 1 aromatic rings. The standard InChI is InChI=1S/C15H22FN3O2/c1-10(2)8-9-17-15(21)18-11(3)14(20)19-13-7-5-4-6-12(13)16/h4-7,10-11H,8-9H2,1-3H3,(H,19,20)(H2,17,18,21). The van der Waals surface area contributed by atoms with E-state index in [-0.39, 0.29) is 5.69 Å². The van der Waals surface area contributed by atoms with Crippen molar-refractivity contribution in [2.24, 2.45) is 5.92 Å². The molecule has 0 aliphatic heterocycles. The van der Waals surface area contributed by atoms with Crippen molar-refractivity contribution in [3.8, 4) is 0 Å². The van der Waals surface area contributed by atoms with Crippen LogP contribution < -0.4 is 16.0 Å². The fraction of sp³-hybridized carbons (Fsp3) is 0.467. The number of hydrogen-bond donors (Lipinski definition) is 3. The third kappa shape index (κ3) is 6.25. The zero-order chi connectivity index (χ0) is 15.8. The largest absolute Gasteiger partial charge is 0.338 e. The maximum atomic E-state index is 13.4. The quantitative estimate of drug-likeness (QED) is 0.754. The monoisotopic (exact) mass is 295 g/mol. The molecular formula is C15H22FN3O2. The predicted octanol–water partition coefficient (Wildman–Crippen LogP) is 2.50. The van der Waals surface area contributed by atoms with E-state index >= 15 is 0 Å². The maximum absolute atomic E-state index is 13.4. The minimum atomic E-state index is -0.761. The summed E-state index contributed by atoms with van der Waals surface area (Å²) >= 11 is 0. The van der Waals surface area contributed by atoms with E-state index in [1.165, 1.54) is 25.1 Å². The molecule has 0 heterocycles. The highest BCUT2D eigenvalue weighted by molar-refractivity contribution is 5.96. The Hall–Kier alpha value is -2.11. The number of amides is 3. The number of nitrogens with one attached hydrogen (secondary N) is 3. The van der Waals surface area contributed by atoms with Crippen molar-refractivity contribution >= 4 is 17.6 Å². The van der Waals surface area contributed by atoms with Gasteiger partial charge in [-0.1, -0.05) is 26.0 Å². The summed E-state index contributed by atoms with van der Waals surface area (Å²) in [4.78, 5) is 23.4. The molecule has 21 heavy (non-hydrogen) atoms. The second-order valence-corrected chi connectivity index (χ2v) is 5.27. The van der Waals surface area contributed by atoms with Gasteiger partial charge in [0.05, 0.1) is 5.69 Å². The van der Waals surface area contributed by atoms with Crippen LogP contribution >= 0.6 is 0 Å². The van der Waals surface area contributed by atoms with Crippen molar-refractivity contribution in [2.75, 3.05) is 11.9 Å². The second-order valence-electron chi connectivity index (χ2n) is 5.27. The lowest BCUT2D eigenvalue weighted by Crippen LogP contribution is -2.46. The highest BCUT2D eigenvalue weighted by Crippen LogP contribution is 2.12. The molecule has 116 valence electrons. The molecule has 1 atom stereocenters. The molecule has 5 nitrogen and oxygen atoms in total. The molecule has 1 rings (SSSR count). The first-order valence-corrected chi connectivity index (χ1v) is 7.00. The second kappa shape index (κ2) is 8.24. The van der Waals surface area contributed by atoms with E-state index in [1.54, 1.807) is 6.07 Å². The molecular weight excluding hydrogens is 273 g/mol. The van der Waals surface area contributed by atoms with Crippen LogP contribution in [0.2, 0.25) is 0 Å². The van der Waals surface area contributed by atoms with Gasteiger partial charge in [-0.2, -0.15) is 0 Å². The summed E-state index contributed by atoms with van der Waals surface area (Å²) in [5.74, 6) is -0.495. The van der Waals surface area contributed by atoms with Crippen molar-refractivity contribution in [3.63, 3.8) is 0 Å². The molecule has 3 amide bonds. The topological polar surface area (TPSA) is 70.2 Å². The minimum absolute atomic E-state index is 0.0939. The first kappa shape index (κ1) is 16.9. The van der Waals surface area contributed by atoms with Crippen LogP contribution in [0, 0.1) is 11.7 Å². The van der Waals surface area contributed by atoms with Crippen LogP contribution in [-0.2, 0) is 4.79 Å². The Kier molecular flexibility index (Phi) is 6.65. The maximum Gasteiger partial charge on any atom is 0.315 e. The van der Waals surface area contributed by atoms with E-state index in [9.17, 15) is 14.0 Å². The first-order valence-electron chi connectivity index (χ1n) is 7.00. The van der Waals surface area contributed by atoms with E-state index in [0.717, 1.165) is 6.42 Å². The van der Waals surface area contributed by atoms with Crippen LogP contribution in [0.4, 0.5) is 14.9 Å². The SMILES string of the molecule is CC(C)CCNC(=O)NC(C)C(=O)Nc1ccccc1F. The number of carbonyl (C=O) groups excluding carboxylic acids is 2. The highest BCUT2D eigenvalue weighted by atomic mass is 19.1. The molecule has 0 saturated carbocycles. The predicted molar refractivity (Wildman–Crippen MR) is 80.5 cm³/mol. The van der Waals surface area contributed by atoms with Gasteiger partial charge in [0.15, 0.2) is 0 Å². The van der Waals surface area contributed by atoms with Crippen LogP contribution in [0.5, 0.6) is 0 Å². The first-order chi connectivity index (χ1) is 9.90. The van der Waals surface area contributed by atoms with Gasteiger partial charge < -0.3 is 16.0 Å². The van der Waals surface area contributed by atoms with Gasteiger partial charge in [-0.15, -0.1) is 0 Å². The summed E-state index contributed by atoms with van der Waals surface area (Å²) in [6, 6.07) is 4.70. The molecule has 0 radical (unpaired) electrons. The molecule has 0 spiro atoms. The zero-order valence-electron chi connectivity index (χ0n) is 12.6. The molecule has 0 aromatic heterocycles. The Labute approximate surface area is 124 Å². The summed E-state index contributed by atoms with van der Waals surface area (Å²) in [5.41, 5.74) is 0.0939. The van der Waals surface area contributed by atoms with Crippen molar-refractivity contribution in [2.45, 2.75) is 33.2 Å². The van der Waals surface area contributed by atoms with Crippen LogP contribution in [0.3, 0.4) is 0 Å². The Balaban J connectivity index is 2.41. The van der Waals surface area contributed by atoms with Gasteiger partial charge >= 0.3 is 6.03 Å². The Morgan fingerprint density at radius 2 is 1.86 bits per heavy atom. The average molecular weight is 295 g/mol. The van der Waals surface area contributed by atoms with E-state index in [0.29, 0.717) is 12.5 Å². The van der Waals surface area contributed by atoms with Gasteiger partial charge in [0.25, 0.3) is 0 Å². The van der Waals surface area contributed by atoms with Crippen LogP contribution in [-0.4, -0.2) is 24.5 Å². The Morgan fingerprint density at radius 3 is 2.48 bits per heavy atom. The fourth-order valence-electron chi connectivity index (χ4n) is 1.59. The van der Waals surface area contributed by atoms with E-state index in [1.807, 2.05) is 0 Å². The number of urea groups is 1. The Morgan fingerprint density at radius 1 is 1.19 bits per heavy atom. The lowest BCUT2D eigenvalue weighted by Gasteiger charge is -2.15. The highest BCUT2D eigenvalue weighted by Gasteiger charge is 2.16. The van der Waals surface area contributed by atoms with Gasteiger partial charge in [0, 0.05) is 6.54 Å². The fourth-order valence-corrected chi connectivity index (χ4v) is 1.59. The Bertz CT molecular complexity index is 492. The van der Waals surface area contributed by atoms with Gasteiger partial charge in [-0.05, 0) is 31.4 Å². The van der Waals surface area contributed by atoms with Gasteiger partial charge in [-0.25, -0.2) is 9.18 Å². The minimum Gasteiger partial charge on any atom is -0.338 e. The van der Waals surface area contributed by atoms with Gasteiger partial charge in [-0.3, -0.25) is 4.79 Å². The number of anilines is 1. The molecule has 3 N–H and O–H groups in total. The molecule has 6 heteroatoms. The van der Waals surface area contributed by atoms with E-state index in [4.69, 9.17) is 0 Å². The van der Waals surface area contributed by atoms with Crippen LogP contribution in [0.15, 0.2) is 24.3 Å². The number of halogens is 1. The number of hydrogen-bond acceptors (Lipinski definition) is 2. The number of rotatable bonds is 6. The van der Waals surface area contributed by atoms with E-state index < -0.39 is 23.8 Å². The zero-order valence-corrected chi connectivity index (χ0v) is 12.6. The van der Waals surface area contributed by atoms with Gasteiger partial charge in [0.1, 0.15) is 11.9 Å². The smallest absolute Gasteiger partial charge is 0.315 e. The summed E-state index contributed by atoms with van der Waals surface area (Å²) in [7, 11) is 0.